The van der Waals surface area contributed by atoms with Crippen molar-refractivity contribution in [1.82, 2.24) is 9.13 Å². The molecule has 0 N–H and O–H groups in total. The number of nitrogens with zero attached hydrogens (tertiary/aromatic N) is 5. The molecule has 0 fully saturated rings. The Morgan fingerprint density at radius 1 is 0.380 bits per heavy atom. The predicted octanol–water partition coefficient (Wildman–Crippen LogP) is 10.8. The molecule has 230 valence electrons. The van der Waals surface area contributed by atoms with Crippen LogP contribution in [-0.2, 0) is 0 Å². The zero-order valence-corrected chi connectivity index (χ0v) is 26.7. The topological polar surface area (TPSA) is 81.2 Å². The molecule has 9 rings (SSSR count). The molecule has 0 aliphatic heterocycles. The smallest absolute Gasteiger partial charge is 0.102 e. The van der Waals surface area contributed by atoms with E-state index >= 15 is 0 Å². The lowest BCUT2D eigenvalue weighted by Crippen LogP contribution is -2.02. The highest BCUT2D eigenvalue weighted by molar-refractivity contribution is 6.11. The maximum Gasteiger partial charge on any atom is 0.102 e. The number of benzene rings is 7. The van der Waals surface area contributed by atoms with Crippen molar-refractivity contribution < 1.29 is 0 Å². The summed E-state index contributed by atoms with van der Waals surface area (Å²) >= 11 is 0. The van der Waals surface area contributed by atoms with Gasteiger partial charge >= 0.3 is 0 Å². The minimum atomic E-state index is 0.476. The van der Waals surface area contributed by atoms with Gasteiger partial charge in [-0.25, -0.2) is 0 Å². The van der Waals surface area contributed by atoms with Crippen LogP contribution in [0.4, 0.5) is 0 Å². The Kier molecular flexibility index (Phi) is 6.56. The Bertz CT molecular complexity index is 2910. The van der Waals surface area contributed by atoms with Crippen molar-refractivity contribution in [2.45, 2.75) is 0 Å². The molecular weight excluding hydrogens is 611 g/mol. The molecule has 0 saturated heterocycles. The number of aromatic nitrogens is 2. The van der Waals surface area contributed by atoms with Crippen LogP contribution in [-0.4, -0.2) is 9.13 Å². The Morgan fingerprint density at radius 3 is 1.60 bits per heavy atom. The second kappa shape index (κ2) is 11.4. The molecule has 9 aromatic rings. The minimum Gasteiger partial charge on any atom is -0.309 e. The van der Waals surface area contributed by atoms with E-state index in [1.807, 2.05) is 84.9 Å². The third kappa shape index (κ3) is 4.38. The molecule has 0 radical (unpaired) electrons. The minimum absolute atomic E-state index is 0.476. The summed E-state index contributed by atoms with van der Waals surface area (Å²) in [5.74, 6) is 0. The van der Waals surface area contributed by atoms with Crippen molar-refractivity contribution >= 4 is 43.6 Å². The third-order valence-electron chi connectivity index (χ3n) is 9.58. The molecule has 0 unspecified atom stereocenters. The summed E-state index contributed by atoms with van der Waals surface area (Å²) in [4.78, 5) is 0. The number of fused-ring (bicyclic) bond motifs is 6. The van der Waals surface area contributed by atoms with E-state index in [9.17, 15) is 15.8 Å². The van der Waals surface area contributed by atoms with Crippen LogP contribution < -0.4 is 0 Å². The quantitative estimate of drug-likeness (QED) is 0.193. The Balaban J connectivity index is 1.38. The van der Waals surface area contributed by atoms with Gasteiger partial charge in [0.25, 0.3) is 0 Å². The summed E-state index contributed by atoms with van der Waals surface area (Å²) in [6.07, 6.45) is 0. The maximum absolute atomic E-state index is 11.0. The lowest BCUT2D eigenvalue weighted by atomic mass is 9.92. The highest BCUT2D eigenvalue weighted by Gasteiger charge is 2.21. The van der Waals surface area contributed by atoms with Gasteiger partial charge in [-0.3, -0.25) is 0 Å². The van der Waals surface area contributed by atoms with Gasteiger partial charge in [0.05, 0.1) is 56.6 Å². The van der Waals surface area contributed by atoms with Crippen molar-refractivity contribution in [2.24, 2.45) is 0 Å². The zero-order chi connectivity index (χ0) is 33.8. The van der Waals surface area contributed by atoms with Crippen LogP contribution in [0.3, 0.4) is 0 Å². The van der Waals surface area contributed by atoms with Gasteiger partial charge in [0.15, 0.2) is 0 Å². The fraction of sp³-hybridized carbons (Fsp3) is 0. The third-order valence-corrected chi connectivity index (χ3v) is 9.58. The maximum atomic E-state index is 11.0. The molecular formula is C45H25N5. The van der Waals surface area contributed by atoms with E-state index in [0.29, 0.717) is 16.7 Å². The van der Waals surface area contributed by atoms with Crippen LogP contribution in [0, 0.1) is 34.0 Å². The zero-order valence-electron chi connectivity index (χ0n) is 26.7. The number of hydrogen-bond acceptors (Lipinski definition) is 3. The van der Waals surface area contributed by atoms with E-state index < -0.39 is 0 Å². The van der Waals surface area contributed by atoms with Gasteiger partial charge in [0, 0.05) is 32.8 Å². The first-order valence-electron chi connectivity index (χ1n) is 16.3. The molecule has 50 heavy (non-hydrogen) atoms. The van der Waals surface area contributed by atoms with E-state index in [2.05, 4.69) is 94.1 Å². The molecule has 0 spiro atoms. The van der Waals surface area contributed by atoms with Crippen molar-refractivity contribution in [3.05, 3.63) is 168 Å². The Labute approximate surface area is 287 Å². The van der Waals surface area contributed by atoms with Crippen LogP contribution in [0.25, 0.3) is 77.2 Å². The van der Waals surface area contributed by atoms with E-state index in [4.69, 9.17) is 0 Å². The first-order chi connectivity index (χ1) is 24.7. The standard InChI is InChI=1S/C45H25N5/c46-26-29-18-19-44-39(22-29)37-14-6-7-15-41(37)49(44)34-21-30(27-47)20-33(23-34)38-24-32(31-10-2-1-3-11-31)25-45(40(38)28-48)50-42-16-8-4-12-35(42)36-13-5-9-17-43(36)50/h1-25H. The fourth-order valence-corrected chi connectivity index (χ4v) is 7.41. The predicted molar refractivity (Wildman–Crippen MR) is 200 cm³/mol. The van der Waals surface area contributed by atoms with Crippen molar-refractivity contribution in [2.75, 3.05) is 0 Å². The van der Waals surface area contributed by atoms with Gasteiger partial charge in [-0.2, -0.15) is 15.8 Å². The molecule has 0 bridgehead atoms. The molecule has 0 amide bonds. The lowest BCUT2D eigenvalue weighted by molar-refractivity contribution is 1.16. The average molecular weight is 636 g/mol. The van der Waals surface area contributed by atoms with Crippen LogP contribution >= 0.6 is 0 Å². The van der Waals surface area contributed by atoms with E-state index in [1.165, 1.54) is 0 Å². The molecule has 2 heterocycles. The van der Waals surface area contributed by atoms with Crippen molar-refractivity contribution in [1.29, 1.82) is 15.8 Å². The normalized spacial score (nSPS) is 11.1. The molecule has 7 aromatic carbocycles. The summed E-state index contributed by atoms with van der Waals surface area (Å²) in [5, 5.41) is 35.2. The molecule has 0 atom stereocenters. The number of nitriles is 3. The van der Waals surface area contributed by atoms with Gasteiger partial charge < -0.3 is 9.13 Å². The molecule has 5 heteroatoms. The van der Waals surface area contributed by atoms with Crippen LogP contribution in [0.15, 0.2) is 152 Å². The lowest BCUT2D eigenvalue weighted by Gasteiger charge is -2.18. The highest BCUT2D eigenvalue weighted by atomic mass is 15.0. The van der Waals surface area contributed by atoms with E-state index in [0.717, 1.165) is 77.2 Å². The molecule has 0 saturated carbocycles. The van der Waals surface area contributed by atoms with Gasteiger partial charge in [0.1, 0.15) is 6.07 Å². The summed E-state index contributed by atoms with van der Waals surface area (Å²) in [5.41, 5.74) is 10.5. The SMILES string of the molecule is N#Cc1cc(-c2cc(-c3ccccc3)cc(-n3c4ccccc4c4ccccc43)c2C#N)cc(-n2c3ccccc3c3cc(C#N)ccc32)c1. The summed E-state index contributed by atoms with van der Waals surface area (Å²) in [6.45, 7) is 0. The largest absolute Gasteiger partial charge is 0.309 e. The monoisotopic (exact) mass is 635 g/mol. The van der Waals surface area contributed by atoms with Gasteiger partial charge in [-0.1, -0.05) is 84.9 Å². The van der Waals surface area contributed by atoms with Gasteiger partial charge in [-0.05, 0) is 83.4 Å². The first kappa shape index (κ1) is 28.8. The summed E-state index contributed by atoms with van der Waals surface area (Å²) < 4.78 is 4.32. The summed E-state index contributed by atoms with van der Waals surface area (Å²) in [6, 6.07) is 57.8. The Hall–Kier alpha value is -7.39. The highest BCUT2D eigenvalue weighted by Crippen LogP contribution is 2.40. The number of para-hydroxylation sites is 3. The van der Waals surface area contributed by atoms with E-state index in [-0.39, 0.29) is 0 Å². The van der Waals surface area contributed by atoms with Crippen LogP contribution in [0.2, 0.25) is 0 Å². The summed E-state index contributed by atoms with van der Waals surface area (Å²) in [7, 11) is 0. The fourth-order valence-electron chi connectivity index (χ4n) is 7.41. The second-order valence-electron chi connectivity index (χ2n) is 12.3. The van der Waals surface area contributed by atoms with Gasteiger partial charge in [0.2, 0.25) is 0 Å². The second-order valence-corrected chi connectivity index (χ2v) is 12.3. The average Bonchev–Trinajstić information content (AvgIpc) is 3.70. The molecule has 0 aliphatic carbocycles. The number of rotatable bonds is 4. The number of hydrogen-bond donors (Lipinski definition) is 0. The first-order valence-corrected chi connectivity index (χ1v) is 16.3. The van der Waals surface area contributed by atoms with Crippen LogP contribution in [0.5, 0.6) is 0 Å². The molecule has 2 aromatic heterocycles. The van der Waals surface area contributed by atoms with Gasteiger partial charge in [-0.15, -0.1) is 0 Å². The van der Waals surface area contributed by atoms with E-state index in [1.54, 1.807) is 0 Å². The molecule has 5 nitrogen and oxygen atoms in total. The van der Waals surface area contributed by atoms with Crippen molar-refractivity contribution in [3.63, 3.8) is 0 Å². The molecule has 0 aliphatic rings. The van der Waals surface area contributed by atoms with Crippen molar-refractivity contribution in [3.8, 4) is 51.8 Å². The Morgan fingerprint density at radius 2 is 0.960 bits per heavy atom. The van der Waals surface area contributed by atoms with Crippen LogP contribution in [0.1, 0.15) is 16.7 Å².